The predicted molar refractivity (Wildman–Crippen MR) is 85.8 cm³/mol. The van der Waals surface area contributed by atoms with Crippen LogP contribution in [0.4, 0.5) is 5.69 Å². The van der Waals surface area contributed by atoms with E-state index in [4.69, 9.17) is 26.8 Å². The summed E-state index contributed by atoms with van der Waals surface area (Å²) in [6.07, 6.45) is -0.00968. The predicted octanol–water partition coefficient (Wildman–Crippen LogP) is 1.64. The van der Waals surface area contributed by atoms with Gasteiger partial charge in [-0.05, 0) is 0 Å². The molecule has 0 unspecified atom stereocenters. The highest BCUT2D eigenvalue weighted by atomic mass is 35.5. The molecule has 1 heterocycles. The van der Waals surface area contributed by atoms with Crippen LogP contribution in [0.25, 0.3) is 0 Å². The molecule has 0 radical (unpaired) electrons. The van der Waals surface area contributed by atoms with E-state index >= 15 is 0 Å². The zero-order valence-corrected chi connectivity index (χ0v) is 13.5. The molecule has 118 valence electrons. The second-order valence-corrected chi connectivity index (χ2v) is 5.96. The zero-order valence-electron chi connectivity index (χ0n) is 11.9. The van der Waals surface area contributed by atoms with Crippen molar-refractivity contribution in [2.75, 3.05) is 19.5 Å². The lowest BCUT2D eigenvalue weighted by atomic mass is 10.2. The molecule has 2 rings (SSSR count). The Kier molecular flexibility index (Phi) is 5.15. The first-order chi connectivity index (χ1) is 10.4. The number of amides is 2. The molecule has 0 aromatic heterocycles. The molecule has 1 aromatic carbocycles. The fraction of sp³-hybridized carbons (Fsp3) is 0.308. The maximum Gasteiger partial charge on any atom is 0.249 e. The third-order valence-corrected chi connectivity index (χ3v) is 4.18. The third kappa shape index (κ3) is 3.63. The number of carbonyl (C=O) groups is 2. The van der Waals surface area contributed by atoms with Gasteiger partial charge < -0.3 is 20.5 Å². The lowest BCUT2D eigenvalue weighted by Gasteiger charge is -2.19. The van der Waals surface area contributed by atoms with Gasteiger partial charge in [-0.25, -0.2) is 0 Å². The number of methoxy groups -OCH3 is 2. The fourth-order valence-corrected chi connectivity index (χ4v) is 2.93. The minimum Gasteiger partial charge on any atom is -0.495 e. The summed E-state index contributed by atoms with van der Waals surface area (Å²) < 4.78 is 10.3. The molecule has 1 aliphatic heterocycles. The summed E-state index contributed by atoms with van der Waals surface area (Å²) in [6.45, 7) is 0. The van der Waals surface area contributed by atoms with Gasteiger partial charge in [-0.1, -0.05) is 23.4 Å². The summed E-state index contributed by atoms with van der Waals surface area (Å²) in [6, 6.07) is 3.08. The monoisotopic (exact) mass is 343 g/mol. The smallest absolute Gasteiger partial charge is 0.249 e. The first-order valence-corrected chi connectivity index (χ1v) is 7.46. The van der Waals surface area contributed by atoms with E-state index < -0.39 is 11.2 Å². The van der Waals surface area contributed by atoms with Crippen LogP contribution in [0.15, 0.2) is 17.1 Å². The van der Waals surface area contributed by atoms with E-state index in [0.717, 1.165) is 11.8 Å². The Labute approximate surface area is 136 Å². The van der Waals surface area contributed by atoms with Crippen LogP contribution in [0.1, 0.15) is 6.42 Å². The molecule has 0 spiro atoms. The fourth-order valence-electron chi connectivity index (χ4n) is 1.86. The van der Waals surface area contributed by atoms with Gasteiger partial charge in [0.2, 0.25) is 11.8 Å². The Balaban J connectivity index is 2.21. The molecular formula is C13H14ClN3O4S. The van der Waals surface area contributed by atoms with E-state index in [1.165, 1.54) is 20.3 Å². The number of nitrogens with one attached hydrogen (secondary N) is 1. The summed E-state index contributed by atoms with van der Waals surface area (Å²) in [5.41, 5.74) is 5.91. The molecule has 0 fully saturated rings. The van der Waals surface area contributed by atoms with Crippen LogP contribution < -0.4 is 20.5 Å². The Bertz CT molecular complexity index is 650. The number of nitrogens with zero attached hydrogens (tertiary/aromatic N) is 1. The minimum atomic E-state index is -0.642. The average Bonchev–Trinajstić information content (AvgIpc) is 2.47. The van der Waals surface area contributed by atoms with Crippen molar-refractivity contribution in [3.05, 3.63) is 17.2 Å². The number of benzene rings is 1. The maximum atomic E-state index is 12.3. The van der Waals surface area contributed by atoms with Crippen molar-refractivity contribution in [3.63, 3.8) is 0 Å². The summed E-state index contributed by atoms with van der Waals surface area (Å²) in [7, 11) is 2.92. The Morgan fingerprint density at radius 2 is 2.09 bits per heavy atom. The van der Waals surface area contributed by atoms with E-state index in [9.17, 15) is 9.59 Å². The number of carbonyl (C=O) groups excluding carboxylic acids is 2. The number of halogens is 1. The lowest BCUT2D eigenvalue weighted by Crippen LogP contribution is -2.33. The van der Waals surface area contributed by atoms with Crippen molar-refractivity contribution < 1.29 is 19.1 Å². The number of amidine groups is 1. The van der Waals surface area contributed by atoms with Gasteiger partial charge in [0.15, 0.2) is 5.17 Å². The molecule has 9 heteroatoms. The summed E-state index contributed by atoms with van der Waals surface area (Å²) in [5, 5.41) is 2.48. The Morgan fingerprint density at radius 3 is 2.68 bits per heavy atom. The second kappa shape index (κ2) is 6.89. The van der Waals surface area contributed by atoms with Gasteiger partial charge in [-0.15, -0.1) is 0 Å². The average molecular weight is 344 g/mol. The van der Waals surface area contributed by atoms with Crippen LogP contribution >= 0.6 is 23.4 Å². The minimum absolute atomic E-state index is 0.00968. The van der Waals surface area contributed by atoms with Crippen LogP contribution in [0.2, 0.25) is 5.02 Å². The van der Waals surface area contributed by atoms with Crippen molar-refractivity contribution in [2.24, 2.45) is 10.7 Å². The van der Waals surface area contributed by atoms with Gasteiger partial charge >= 0.3 is 0 Å². The van der Waals surface area contributed by atoms with Gasteiger partial charge in [-0.3, -0.25) is 9.59 Å². The molecule has 0 bridgehead atoms. The first kappa shape index (κ1) is 16.4. The van der Waals surface area contributed by atoms with Crippen LogP contribution in [-0.4, -0.2) is 36.5 Å². The highest BCUT2D eigenvalue weighted by molar-refractivity contribution is 8.15. The molecule has 3 N–H and O–H groups in total. The van der Waals surface area contributed by atoms with Crippen LogP contribution in [0, 0.1) is 0 Å². The lowest BCUT2D eigenvalue weighted by molar-refractivity contribution is -0.121. The number of ether oxygens (including phenoxy) is 2. The van der Waals surface area contributed by atoms with Crippen molar-refractivity contribution in [1.82, 2.24) is 0 Å². The molecule has 0 saturated carbocycles. The molecule has 2 amide bonds. The van der Waals surface area contributed by atoms with Crippen molar-refractivity contribution >= 4 is 46.0 Å². The summed E-state index contributed by atoms with van der Waals surface area (Å²) in [4.78, 5) is 27.2. The van der Waals surface area contributed by atoms with Gasteiger partial charge in [0.05, 0.1) is 31.4 Å². The Hall–Kier alpha value is -1.93. The number of aliphatic imine (C=N–C) groups is 1. The topological polar surface area (TPSA) is 103 Å². The van der Waals surface area contributed by atoms with Gasteiger partial charge in [-0.2, -0.15) is 4.99 Å². The first-order valence-electron chi connectivity index (χ1n) is 6.20. The molecule has 7 nitrogen and oxygen atoms in total. The number of rotatable bonds is 4. The quantitative estimate of drug-likeness (QED) is 0.861. The highest BCUT2D eigenvalue weighted by Crippen LogP contribution is 2.36. The van der Waals surface area contributed by atoms with Gasteiger partial charge in [0, 0.05) is 12.1 Å². The molecular weight excluding hydrogens is 330 g/mol. The standard InChI is InChI=1S/C13H14ClN3O4S/c1-20-8-4-7(9(21-2)3-6(8)14)16-12(19)10-5-11(18)17-13(15)22-10/h3-4,10H,5H2,1-2H3,(H,16,19)(H2,15,17,18)/t10-/m0/s1. The largest absolute Gasteiger partial charge is 0.495 e. The number of anilines is 1. The van der Waals surface area contributed by atoms with Crippen molar-refractivity contribution in [2.45, 2.75) is 11.7 Å². The van der Waals surface area contributed by atoms with E-state index in [0.29, 0.717) is 22.2 Å². The van der Waals surface area contributed by atoms with Crippen molar-refractivity contribution in [3.8, 4) is 11.5 Å². The molecule has 22 heavy (non-hydrogen) atoms. The maximum absolute atomic E-state index is 12.3. The summed E-state index contributed by atoms with van der Waals surface area (Å²) in [5.74, 6) is -0.0185. The van der Waals surface area contributed by atoms with Crippen LogP contribution in [0.3, 0.4) is 0 Å². The third-order valence-electron chi connectivity index (χ3n) is 2.88. The highest BCUT2D eigenvalue weighted by Gasteiger charge is 2.28. The Morgan fingerprint density at radius 1 is 1.41 bits per heavy atom. The number of thioether (sulfide) groups is 1. The molecule has 1 aliphatic rings. The van der Waals surface area contributed by atoms with E-state index in [-0.39, 0.29) is 17.5 Å². The van der Waals surface area contributed by atoms with E-state index in [1.54, 1.807) is 6.07 Å². The normalized spacial score (nSPS) is 17.7. The van der Waals surface area contributed by atoms with Gasteiger partial charge in [0.25, 0.3) is 0 Å². The number of hydrogen-bond acceptors (Lipinski definition) is 6. The number of nitrogens with two attached hydrogens (primary N) is 1. The summed E-state index contributed by atoms with van der Waals surface area (Å²) >= 11 is 7.05. The molecule has 0 aliphatic carbocycles. The van der Waals surface area contributed by atoms with E-state index in [1.807, 2.05) is 0 Å². The number of hydrogen-bond donors (Lipinski definition) is 2. The second-order valence-electron chi connectivity index (χ2n) is 4.33. The van der Waals surface area contributed by atoms with Gasteiger partial charge in [0.1, 0.15) is 16.7 Å². The molecule has 1 atom stereocenters. The zero-order chi connectivity index (χ0) is 16.3. The molecule has 0 saturated heterocycles. The SMILES string of the molecule is COc1cc(NC(=O)[C@@H]2CC(=O)N=C(N)S2)c(OC)cc1Cl. The molecule has 1 aromatic rings. The van der Waals surface area contributed by atoms with Crippen molar-refractivity contribution in [1.29, 1.82) is 0 Å². The van der Waals surface area contributed by atoms with Crippen LogP contribution in [0.5, 0.6) is 11.5 Å². The van der Waals surface area contributed by atoms with E-state index in [2.05, 4.69) is 10.3 Å². The van der Waals surface area contributed by atoms with Crippen LogP contribution in [-0.2, 0) is 9.59 Å².